The Balaban J connectivity index is 2.20. The number of rotatable bonds is 2. The molecule has 0 aromatic carbocycles. The van der Waals surface area contributed by atoms with Crippen molar-refractivity contribution in [1.29, 1.82) is 0 Å². The second-order valence-corrected chi connectivity index (χ2v) is 3.80. The standard InChI is InChI=1S/C9H20N2/c1-9(2)8-11-6-3-4-10-5-7-11/h9-10H,3-8H2,1-2H3. The van der Waals surface area contributed by atoms with Gasteiger partial charge in [-0.2, -0.15) is 0 Å². The Hall–Kier alpha value is -0.0800. The van der Waals surface area contributed by atoms with Crippen LogP contribution in [-0.4, -0.2) is 37.6 Å². The quantitative estimate of drug-likeness (QED) is 0.640. The van der Waals surface area contributed by atoms with Gasteiger partial charge in [0.25, 0.3) is 0 Å². The van der Waals surface area contributed by atoms with Crippen LogP contribution < -0.4 is 5.32 Å². The predicted octanol–water partition coefficient (Wildman–Crippen LogP) is 0.938. The highest BCUT2D eigenvalue weighted by Crippen LogP contribution is 2.00. The van der Waals surface area contributed by atoms with E-state index in [4.69, 9.17) is 0 Å². The predicted molar refractivity (Wildman–Crippen MR) is 48.8 cm³/mol. The lowest BCUT2D eigenvalue weighted by Gasteiger charge is -2.21. The van der Waals surface area contributed by atoms with Gasteiger partial charge in [-0.25, -0.2) is 0 Å². The van der Waals surface area contributed by atoms with Gasteiger partial charge in [0.15, 0.2) is 0 Å². The molecule has 1 heterocycles. The molecular weight excluding hydrogens is 136 g/mol. The molecule has 2 heteroatoms. The molecule has 0 atom stereocenters. The van der Waals surface area contributed by atoms with Crippen molar-refractivity contribution in [3.8, 4) is 0 Å². The maximum atomic E-state index is 3.41. The van der Waals surface area contributed by atoms with Crippen LogP contribution in [0.5, 0.6) is 0 Å². The van der Waals surface area contributed by atoms with Crippen LogP contribution in [0.3, 0.4) is 0 Å². The van der Waals surface area contributed by atoms with Gasteiger partial charge in [0.1, 0.15) is 0 Å². The smallest absolute Gasteiger partial charge is 0.0107 e. The third kappa shape index (κ3) is 3.73. The lowest BCUT2D eigenvalue weighted by atomic mass is 10.2. The van der Waals surface area contributed by atoms with E-state index in [1.807, 2.05) is 0 Å². The van der Waals surface area contributed by atoms with E-state index in [1.165, 1.54) is 39.1 Å². The van der Waals surface area contributed by atoms with Crippen LogP contribution in [0.2, 0.25) is 0 Å². The molecule has 2 nitrogen and oxygen atoms in total. The first-order valence-electron chi connectivity index (χ1n) is 4.72. The number of nitrogens with zero attached hydrogens (tertiary/aromatic N) is 1. The highest BCUT2D eigenvalue weighted by molar-refractivity contribution is 4.66. The lowest BCUT2D eigenvalue weighted by molar-refractivity contribution is 0.260. The minimum atomic E-state index is 0.813. The van der Waals surface area contributed by atoms with Gasteiger partial charge in [-0.1, -0.05) is 13.8 Å². The summed E-state index contributed by atoms with van der Waals surface area (Å²) in [5.41, 5.74) is 0. The zero-order valence-electron chi connectivity index (χ0n) is 7.77. The number of nitrogens with one attached hydrogen (secondary N) is 1. The van der Waals surface area contributed by atoms with Crippen LogP contribution >= 0.6 is 0 Å². The Bertz CT molecular complexity index is 93.7. The zero-order valence-corrected chi connectivity index (χ0v) is 7.77. The normalized spacial score (nSPS) is 22.1. The van der Waals surface area contributed by atoms with Crippen molar-refractivity contribution < 1.29 is 0 Å². The molecule has 0 radical (unpaired) electrons. The maximum Gasteiger partial charge on any atom is 0.0107 e. The first-order chi connectivity index (χ1) is 5.29. The van der Waals surface area contributed by atoms with Crippen LogP contribution in [0.25, 0.3) is 0 Å². The van der Waals surface area contributed by atoms with Crippen LogP contribution in [0.4, 0.5) is 0 Å². The van der Waals surface area contributed by atoms with E-state index in [0.29, 0.717) is 0 Å². The first-order valence-corrected chi connectivity index (χ1v) is 4.72. The summed E-state index contributed by atoms with van der Waals surface area (Å²) in [5, 5.41) is 3.41. The summed E-state index contributed by atoms with van der Waals surface area (Å²) in [6.07, 6.45) is 1.31. The van der Waals surface area contributed by atoms with Crippen LogP contribution in [-0.2, 0) is 0 Å². The Kier molecular flexibility index (Phi) is 3.87. The van der Waals surface area contributed by atoms with E-state index < -0.39 is 0 Å². The van der Waals surface area contributed by atoms with Crippen LogP contribution in [0, 0.1) is 5.92 Å². The van der Waals surface area contributed by atoms with E-state index in [9.17, 15) is 0 Å². The molecule has 1 fully saturated rings. The van der Waals surface area contributed by atoms with Gasteiger partial charge in [0, 0.05) is 19.6 Å². The molecule has 1 aliphatic heterocycles. The van der Waals surface area contributed by atoms with E-state index in [2.05, 4.69) is 24.1 Å². The average Bonchev–Trinajstić information content (AvgIpc) is 2.14. The minimum absolute atomic E-state index is 0.813. The molecular formula is C9H20N2. The van der Waals surface area contributed by atoms with Crippen molar-refractivity contribution in [3.63, 3.8) is 0 Å². The Morgan fingerprint density at radius 3 is 2.82 bits per heavy atom. The highest BCUT2D eigenvalue weighted by atomic mass is 15.1. The molecule has 0 saturated carbocycles. The van der Waals surface area contributed by atoms with Crippen molar-refractivity contribution in [3.05, 3.63) is 0 Å². The SMILES string of the molecule is CC(C)CN1CCCNCC1. The average molecular weight is 156 g/mol. The molecule has 1 rings (SSSR count). The van der Waals surface area contributed by atoms with Crippen LogP contribution in [0.1, 0.15) is 20.3 Å². The van der Waals surface area contributed by atoms with E-state index in [1.54, 1.807) is 0 Å². The molecule has 0 unspecified atom stereocenters. The largest absolute Gasteiger partial charge is 0.315 e. The molecule has 66 valence electrons. The van der Waals surface area contributed by atoms with Crippen molar-refractivity contribution in [2.75, 3.05) is 32.7 Å². The molecule has 11 heavy (non-hydrogen) atoms. The fraction of sp³-hybridized carbons (Fsp3) is 1.00. The molecule has 1 aliphatic rings. The van der Waals surface area contributed by atoms with Gasteiger partial charge in [-0.15, -0.1) is 0 Å². The summed E-state index contributed by atoms with van der Waals surface area (Å²) in [6, 6.07) is 0. The van der Waals surface area contributed by atoms with Gasteiger partial charge in [-0.3, -0.25) is 0 Å². The van der Waals surface area contributed by atoms with Crippen molar-refractivity contribution in [2.24, 2.45) is 5.92 Å². The molecule has 1 saturated heterocycles. The third-order valence-electron chi connectivity index (χ3n) is 2.06. The summed E-state index contributed by atoms with van der Waals surface area (Å²) in [6.45, 7) is 10.7. The summed E-state index contributed by atoms with van der Waals surface area (Å²) >= 11 is 0. The maximum absolute atomic E-state index is 3.41. The number of hydrogen-bond acceptors (Lipinski definition) is 2. The fourth-order valence-corrected chi connectivity index (χ4v) is 1.60. The van der Waals surface area contributed by atoms with Gasteiger partial charge >= 0.3 is 0 Å². The molecule has 0 bridgehead atoms. The lowest BCUT2D eigenvalue weighted by Crippen LogP contribution is -2.31. The number of hydrogen-bond donors (Lipinski definition) is 1. The monoisotopic (exact) mass is 156 g/mol. The Morgan fingerprint density at radius 2 is 2.09 bits per heavy atom. The van der Waals surface area contributed by atoms with Gasteiger partial charge in [0.05, 0.1) is 0 Å². The van der Waals surface area contributed by atoms with Crippen molar-refractivity contribution >= 4 is 0 Å². The summed E-state index contributed by atoms with van der Waals surface area (Å²) in [7, 11) is 0. The van der Waals surface area contributed by atoms with E-state index in [0.717, 1.165) is 5.92 Å². The van der Waals surface area contributed by atoms with E-state index in [-0.39, 0.29) is 0 Å². The molecule has 0 aliphatic carbocycles. The second-order valence-electron chi connectivity index (χ2n) is 3.80. The zero-order chi connectivity index (χ0) is 8.10. The molecule has 0 amide bonds. The van der Waals surface area contributed by atoms with Gasteiger partial charge in [-0.05, 0) is 25.4 Å². The minimum Gasteiger partial charge on any atom is -0.315 e. The Labute approximate surface area is 70.0 Å². The molecule has 0 aromatic rings. The van der Waals surface area contributed by atoms with Gasteiger partial charge < -0.3 is 10.2 Å². The fourth-order valence-electron chi connectivity index (χ4n) is 1.60. The topological polar surface area (TPSA) is 15.3 Å². The first kappa shape index (κ1) is 9.01. The van der Waals surface area contributed by atoms with Crippen LogP contribution in [0.15, 0.2) is 0 Å². The molecule has 0 spiro atoms. The summed E-state index contributed by atoms with van der Waals surface area (Å²) in [4.78, 5) is 2.56. The third-order valence-corrected chi connectivity index (χ3v) is 2.06. The summed E-state index contributed by atoms with van der Waals surface area (Å²) in [5.74, 6) is 0.813. The summed E-state index contributed by atoms with van der Waals surface area (Å²) < 4.78 is 0. The van der Waals surface area contributed by atoms with Crippen molar-refractivity contribution in [2.45, 2.75) is 20.3 Å². The molecule has 1 N–H and O–H groups in total. The van der Waals surface area contributed by atoms with E-state index >= 15 is 0 Å². The molecule has 0 aromatic heterocycles. The Morgan fingerprint density at radius 1 is 1.27 bits per heavy atom. The van der Waals surface area contributed by atoms with Gasteiger partial charge in [0.2, 0.25) is 0 Å². The van der Waals surface area contributed by atoms with Crippen molar-refractivity contribution in [1.82, 2.24) is 10.2 Å². The highest BCUT2D eigenvalue weighted by Gasteiger charge is 2.08. The second kappa shape index (κ2) is 4.73.